The second-order valence-corrected chi connectivity index (χ2v) is 10.7. The zero-order valence-corrected chi connectivity index (χ0v) is 22.8. The third kappa shape index (κ3) is 7.22. The number of carbonyl (C=O) groups is 2. The molecule has 0 bridgehead atoms. The number of likely N-dealkylation sites (tertiary alicyclic amines) is 1. The lowest BCUT2D eigenvalue weighted by atomic mass is 9.95. The number of nitrogens with one attached hydrogen (secondary N) is 1. The minimum Gasteiger partial charge on any atom is -0.481 e. The first kappa shape index (κ1) is 29.2. The number of halogens is 3. The highest BCUT2D eigenvalue weighted by Gasteiger charge is 2.30. The summed E-state index contributed by atoms with van der Waals surface area (Å²) in [5, 5.41) is 12.5. The zero-order chi connectivity index (χ0) is 29.0. The van der Waals surface area contributed by atoms with Gasteiger partial charge in [0.1, 0.15) is 5.76 Å². The van der Waals surface area contributed by atoms with Crippen LogP contribution in [0.5, 0.6) is 0 Å². The molecule has 1 aliphatic heterocycles. The zero-order valence-electron chi connectivity index (χ0n) is 22.8. The van der Waals surface area contributed by atoms with Crippen LogP contribution in [0.3, 0.4) is 0 Å². The topological polar surface area (TPSA) is 95.7 Å². The van der Waals surface area contributed by atoms with Crippen molar-refractivity contribution in [3.05, 3.63) is 71.1 Å². The number of carbonyl (C=O) groups excluding carboxylic acids is 1. The maximum absolute atomic E-state index is 13.2. The third-order valence-electron chi connectivity index (χ3n) is 7.23. The van der Waals surface area contributed by atoms with Crippen molar-refractivity contribution in [2.75, 3.05) is 18.4 Å². The van der Waals surface area contributed by atoms with E-state index < -0.39 is 30.5 Å². The van der Waals surface area contributed by atoms with Crippen LogP contribution in [0.15, 0.2) is 53.1 Å². The molecule has 0 radical (unpaired) electrons. The van der Waals surface area contributed by atoms with Crippen molar-refractivity contribution < 1.29 is 32.3 Å². The molecule has 1 saturated heterocycles. The monoisotopic (exact) mass is 557 g/mol. The molecule has 7 nitrogen and oxygen atoms in total. The molecule has 0 saturated carbocycles. The van der Waals surface area contributed by atoms with Crippen molar-refractivity contribution in [1.82, 2.24) is 9.88 Å². The van der Waals surface area contributed by atoms with Gasteiger partial charge in [-0.05, 0) is 73.7 Å². The number of alkyl halides is 3. The van der Waals surface area contributed by atoms with Crippen LogP contribution in [0.2, 0.25) is 0 Å². The van der Waals surface area contributed by atoms with Gasteiger partial charge in [0.2, 0.25) is 5.89 Å². The molecule has 1 fully saturated rings. The highest BCUT2D eigenvalue weighted by atomic mass is 19.4. The number of nitrogens with zero attached hydrogens (tertiary/aromatic N) is 2. The lowest BCUT2D eigenvalue weighted by Gasteiger charge is -2.30. The van der Waals surface area contributed by atoms with Crippen LogP contribution in [0.4, 0.5) is 18.9 Å². The molecular formula is C30H34F3N3O4. The quantitative estimate of drug-likeness (QED) is 0.289. The van der Waals surface area contributed by atoms with Gasteiger partial charge in [-0.1, -0.05) is 19.9 Å². The number of carboxylic acids is 1. The number of anilines is 1. The summed E-state index contributed by atoms with van der Waals surface area (Å²) in [6, 6.07) is 11.4. The molecule has 0 spiro atoms. The van der Waals surface area contributed by atoms with Gasteiger partial charge in [0.25, 0.3) is 5.91 Å². The summed E-state index contributed by atoms with van der Waals surface area (Å²) in [6.45, 7) is 6.50. The van der Waals surface area contributed by atoms with Gasteiger partial charge in [-0.25, -0.2) is 4.98 Å². The number of carboxylic acid groups (broad SMARTS) is 1. The predicted molar refractivity (Wildman–Crippen MR) is 145 cm³/mol. The number of hydrogen-bond donors (Lipinski definition) is 2. The Balaban J connectivity index is 1.52. The van der Waals surface area contributed by atoms with Crippen LogP contribution >= 0.6 is 0 Å². The smallest absolute Gasteiger partial charge is 0.389 e. The van der Waals surface area contributed by atoms with E-state index in [2.05, 4.69) is 10.3 Å². The summed E-state index contributed by atoms with van der Waals surface area (Å²) < 4.78 is 45.4. The number of aryl methyl sites for hydroxylation is 1. The van der Waals surface area contributed by atoms with Gasteiger partial charge >= 0.3 is 12.1 Å². The average Bonchev–Trinajstić information content (AvgIpc) is 3.42. The molecule has 214 valence electrons. The summed E-state index contributed by atoms with van der Waals surface area (Å²) in [5.74, 6) is -0.355. The van der Waals surface area contributed by atoms with Crippen molar-refractivity contribution >= 4 is 17.6 Å². The summed E-state index contributed by atoms with van der Waals surface area (Å²) in [4.78, 5) is 30.2. The van der Waals surface area contributed by atoms with E-state index >= 15 is 0 Å². The molecule has 2 heterocycles. The summed E-state index contributed by atoms with van der Waals surface area (Å²) in [6.07, 6.45) is -2.60. The highest BCUT2D eigenvalue weighted by molar-refractivity contribution is 5.95. The van der Waals surface area contributed by atoms with E-state index in [9.17, 15) is 27.9 Å². The molecule has 1 unspecified atom stereocenters. The highest BCUT2D eigenvalue weighted by Crippen LogP contribution is 2.34. The molecule has 3 aromatic rings. The van der Waals surface area contributed by atoms with Crippen molar-refractivity contribution in [3.8, 4) is 11.5 Å². The number of aromatic nitrogens is 1. The second kappa shape index (κ2) is 12.1. The first-order valence-corrected chi connectivity index (χ1v) is 13.4. The van der Waals surface area contributed by atoms with Gasteiger partial charge in [-0.15, -0.1) is 0 Å². The second-order valence-electron chi connectivity index (χ2n) is 10.7. The lowest BCUT2D eigenvalue weighted by Crippen LogP contribution is -2.42. The molecule has 2 aromatic carbocycles. The van der Waals surface area contributed by atoms with Crippen LogP contribution in [-0.2, 0) is 4.79 Å². The van der Waals surface area contributed by atoms with Crippen molar-refractivity contribution in [2.24, 2.45) is 5.92 Å². The van der Waals surface area contributed by atoms with E-state index in [0.717, 1.165) is 22.5 Å². The minimum absolute atomic E-state index is 0.162. The molecule has 1 amide bonds. The van der Waals surface area contributed by atoms with E-state index in [4.69, 9.17) is 4.42 Å². The Bertz CT molecular complexity index is 1330. The van der Waals surface area contributed by atoms with Gasteiger partial charge in [0, 0.05) is 42.2 Å². The maximum atomic E-state index is 13.2. The Morgan fingerprint density at radius 3 is 2.50 bits per heavy atom. The number of piperidine rings is 1. The molecule has 1 aliphatic rings. The van der Waals surface area contributed by atoms with Gasteiger partial charge < -0.3 is 19.7 Å². The molecule has 2 atom stereocenters. The summed E-state index contributed by atoms with van der Waals surface area (Å²) >= 11 is 0. The third-order valence-corrected chi connectivity index (χ3v) is 7.23. The van der Waals surface area contributed by atoms with E-state index in [0.29, 0.717) is 36.5 Å². The van der Waals surface area contributed by atoms with E-state index in [1.54, 1.807) is 47.5 Å². The Morgan fingerprint density at radius 1 is 1.18 bits per heavy atom. The van der Waals surface area contributed by atoms with Crippen LogP contribution in [0.25, 0.3) is 11.5 Å². The largest absolute Gasteiger partial charge is 0.481 e. The van der Waals surface area contributed by atoms with Crippen LogP contribution in [-0.4, -0.2) is 46.1 Å². The van der Waals surface area contributed by atoms with Crippen molar-refractivity contribution in [1.29, 1.82) is 0 Å². The van der Waals surface area contributed by atoms with Gasteiger partial charge in [0.05, 0.1) is 18.2 Å². The standard InChI is InChI=1S/C30H34F3N3O4/c1-18(2)26-16-34-27(40-26)21-8-11-24(19(3)15-21)25(12-13-30(31,32)33)35-23-9-6-20(7-10-23)28(37)36-14-4-5-22(17-36)29(38)39/h6-11,15-16,18,22,25,35H,4-5,12-14,17H2,1-3H3,(H,38,39)/t22-,25?/m1/s1. The number of oxazole rings is 1. The first-order chi connectivity index (χ1) is 18.9. The van der Waals surface area contributed by atoms with Crippen molar-refractivity contribution in [3.63, 3.8) is 0 Å². The molecular weight excluding hydrogens is 523 g/mol. The Hall–Kier alpha value is -3.82. The fraction of sp³-hybridized carbons (Fsp3) is 0.433. The molecule has 4 rings (SSSR count). The van der Waals surface area contributed by atoms with E-state index in [1.165, 1.54) is 0 Å². The number of benzene rings is 2. The van der Waals surface area contributed by atoms with E-state index in [-0.39, 0.29) is 24.8 Å². The Labute approximate surface area is 231 Å². The molecule has 40 heavy (non-hydrogen) atoms. The number of aliphatic carboxylic acids is 1. The van der Waals surface area contributed by atoms with Gasteiger partial charge in [-0.2, -0.15) is 13.2 Å². The van der Waals surface area contributed by atoms with Crippen LogP contribution < -0.4 is 5.32 Å². The summed E-state index contributed by atoms with van der Waals surface area (Å²) in [5.41, 5.74) is 3.23. The SMILES string of the molecule is Cc1cc(-c2ncc(C(C)C)o2)ccc1C(CCC(F)(F)F)Nc1ccc(C(=O)N2CCC[C@@H](C(=O)O)C2)cc1. The van der Waals surface area contributed by atoms with Crippen molar-refractivity contribution in [2.45, 2.75) is 64.6 Å². The minimum atomic E-state index is -4.31. The van der Waals surface area contributed by atoms with Crippen LogP contribution in [0.1, 0.15) is 78.7 Å². The summed E-state index contributed by atoms with van der Waals surface area (Å²) in [7, 11) is 0. The van der Waals surface area contributed by atoms with Gasteiger partial charge in [-0.3, -0.25) is 9.59 Å². The first-order valence-electron chi connectivity index (χ1n) is 13.4. The average molecular weight is 558 g/mol. The Morgan fingerprint density at radius 2 is 1.90 bits per heavy atom. The molecule has 2 N–H and O–H groups in total. The molecule has 1 aromatic heterocycles. The fourth-order valence-electron chi connectivity index (χ4n) is 4.96. The molecule has 10 heteroatoms. The fourth-order valence-corrected chi connectivity index (χ4v) is 4.96. The lowest BCUT2D eigenvalue weighted by molar-refractivity contribution is -0.143. The number of hydrogen-bond acceptors (Lipinski definition) is 5. The Kier molecular flexibility index (Phi) is 8.85. The van der Waals surface area contributed by atoms with E-state index in [1.807, 2.05) is 26.8 Å². The van der Waals surface area contributed by atoms with Crippen LogP contribution in [0, 0.1) is 12.8 Å². The predicted octanol–water partition coefficient (Wildman–Crippen LogP) is 7.21. The van der Waals surface area contributed by atoms with Gasteiger partial charge in [0.15, 0.2) is 0 Å². The number of amides is 1. The maximum Gasteiger partial charge on any atom is 0.389 e. The molecule has 0 aliphatic carbocycles. The number of rotatable bonds is 9. The normalized spacial score (nSPS) is 16.7.